The first-order chi connectivity index (χ1) is 9.53. The van der Waals surface area contributed by atoms with Crippen LogP contribution in [0.25, 0.3) is 0 Å². The molecule has 1 unspecified atom stereocenters. The Kier molecular flexibility index (Phi) is 3.19. The molecule has 1 saturated heterocycles. The summed E-state index contributed by atoms with van der Waals surface area (Å²) in [6.07, 6.45) is 1.73. The molecule has 0 amide bonds. The zero-order valence-electron chi connectivity index (χ0n) is 12.0. The molecule has 4 heteroatoms. The molecule has 2 aliphatic heterocycles. The van der Waals surface area contributed by atoms with E-state index in [4.69, 9.17) is 10.00 Å². The van der Waals surface area contributed by atoms with Gasteiger partial charge in [0.2, 0.25) is 0 Å². The molecule has 2 atom stereocenters. The van der Waals surface area contributed by atoms with Gasteiger partial charge in [0.05, 0.1) is 17.7 Å². The van der Waals surface area contributed by atoms with E-state index in [1.54, 1.807) is 6.07 Å². The molecule has 1 aromatic rings. The lowest BCUT2D eigenvalue weighted by Crippen LogP contribution is -2.53. The van der Waals surface area contributed by atoms with Crippen molar-refractivity contribution in [2.24, 2.45) is 0 Å². The lowest BCUT2D eigenvalue weighted by Gasteiger charge is -2.45. The molecular formula is C16H20N2O2. The third-order valence-electron chi connectivity index (χ3n) is 4.38. The number of ether oxygens (including phenoxy) is 1. The highest BCUT2D eigenvalue weighted by molar-refractivity contribution is 5.46. The fraction of sp³-hybridized carbons (Fsp3) is 0.562. The first kappa shape index (κ1) is 13.4. The maximum absolute atomic E-state index is 10.7. The summed E-state index contributed by atoms with van der Waals surface area (Å²) in [6, 6.07) is 7.57. The number of fused-ring (bicyclic) bond motifs is 1. The van der Waals surface area contributed by atoms with Crippen molar-refractivity contribution in [1.82, 2.24) is 4.90 Å². The van der Waals surface area contributed by atoms with Gasteiger partial charge in [0, 0.05) is 5.56 Å². The fourth-order valence-corrected chi connectivity index (χ4v) is 3.25. The Labute approximate surface area is 119 Å². The summed E-state index contributed by atoms with van der Waals surface area (Å²) >= 11 is 0. The first-order valence-electron chi connectivity index (χ1n) is 7.18. The Morgan fingerprint density at radius 2 is 2.05 bits per heavy atom. The van der Waals surface area contributed by atoms with Gasteiger partial charge in [0.1, 0.15) is 17.5 Å². The van der Waals surface area contributed by atoms with Crippen molar-refractivity contribution in [3.05, 3.63) is 29.3 Å². The van der Waals surface area contributed by atoms with Crippen molar-refractivity contribution >= 4 is 0 Å². The van der Waals surface area contributed by atoms with Crippen LogP contribution in [0, 0.1) is 11.3 Å². The second-order valence-corrected chi connectivity index (χ2v) is 6.20. The predicted octanol–water partition coefficient (Wildman–Crippen LogP) is 2.23. The van der Waals surface area contributed by atoms with Gasteiger partial charge < -0.3 is 9.84 Å². The molecule has 0 bridgehead atoms. The summed E-state index contributed by atoms with van der Waals surface area (Å²) in [7, 11) is 0. The average molecular weight is 272 g/mol. The maximum atomic E-state index is 10.7. The molecule has 3 rings (SSSR count). The molecule has 2 heterocycles. The summed E-state index contributed by atoms with van der Waals surface area (Å²) in [5.41, 5.74) is 0.940. The van der Waals surface area contributed by atoms with Crippen LogP contribution in [0.4, 0.5) is 0 Å². The number of nitriles is 1. The Bertz CT molecular complexity index is 556. The van der Waals surface area contributed by atoms with Gasteiger partial charge in [-0.25, -0.2) is 0 Å². The van der Waals surface area contributed by atoms with E-state index in [1.165, 1.54) is 0 Å². The van der Waals surface area contributed by atoms with Crippen molar-refractivity contribution in [2.45, 2.75) is 44.4 Å². The lowest BCUT2D eigenvalue weighted by molar-refractivity contribution is -0.0895. The van der Waals surface area contributed by atoms with Crippen LogP contribution in [0.15, 0.2) is 18.2 Å². The van der Waals surface area contributed by atoms with E-state index >= 15 is 0 Å². The van der Waals surface area contributed by atoms with Crippen LogP contribution in [0.2, 0.25) is 0 Å². The highest BCUT2D eigenvalue weighted by atomic mass is 16.5. The minimum Gasteiger partial charge on any atom is -0.485 e. The summed E-state index contributed by atoms with van der Waals surface area (Å²) < 4.78 is 5.93. The lowest BCUT2D eigenvalue weighted by atomic mass is 9.85. The van der Waals surface area contributed by atoms with Gasteiger partial charge >= 0.3 is 0 Å². The minimum atomic E-state index is -0.617. The third-order valence-corrected chi connectivity index (χ3v) is 4.38. The third kappa shape index (κ3) is 2.07. The van der Waals surface area contributed by atoms with E-state index < -0.39 is 11.7 Å². The SMILES string of the molecule is CC1(C)Oc2ccc(C#N)cc2C(N2CCCC2)[C@@H]1O. The first-order valence-corrected chi connectivity index (χ1v) is 7.18. The molecule has 0 saturated carbocycles. The summed E-state index contributed by atoms with van der Waals surface area (Å²) in [5, 5.41) is 19.8. The molecule has 0 aromatic heterocycles. The summed E-state index contributed by atoms with van der Waals surface area (Å²) in [6.45, 7) is 5.83. The number of likely N-dealkylation sites (tertiary alicyclic amines) is 1. The Balaban J connectivity index is 2.09. The summed E-state index contributed by atoms with van der Waals surface area (Å²) in [4.78, 5) is 2.31. The van der Waals surface area contributed by atoms with Crippen LogP contribution in [0.5, 0.6) is 5.75 Å². The fourth-order valence-electron chi connectivity index (χ4n) is 3.25. The van der Waals surface area contributed by atoms with Crippen molar-refractivity contribution in [1.29, 1.82) is 5.26 Å². The standard InChI is InChI=1S/C16H20N2O2/c1-16(2)15(19)14(18-7-3-4-8-18)12-9-11(10-17)5-6-13(12)20-16/h5-6,9,14-15,19H,3-4,7-8H2,1-2H3/t14?,15-/m0/s1. The number of aliphatic hydroxyl groups is 1. The van der Waals surface area contributed by atoms with E-state index in [0.717, 1.165) is 37.2 Å². The molecule has 0 aliphatic carbocycles. The quantitative estimate of drug-likeness (QED) is 0.851. The van der Waals surface area contributed by atoms with Crippen LogP contribution in [-0.2, 0) is 0 Å². The van der Waals surface area contributed by atoms with E-state index in [1.807, 2.05) is 26.0 Å². The predicted molar refractivity (Wildman–Crippen MR) is 75.4 cm³/mol. The molecule has 0 radical (unpaired) electrons. The van der Waals surface area contributed by atoms with Gasteiger partial charge in [0.25, 0.3) is 0 Å². The Morgan fingerprint density at radius 3 is 2.70 bits per heavy atom. The van der Waals surface area contributed by atoms with Gasteiger partial charge in [-0.15, -0.1) is 0 Å². The number of hydrogen-bond donors (Lipinski definition) is 1. The van der Waals surface area contributed by atoms with Crippen LogP contribution >= 0.6 is 0 Å². The molecular weight excluding hydrogens is 252 g/mol. The average Bonchev–Trinajstić information content (AvgIpc) is 2.93. The topological polar surface area (TPSA) is 56.5 Å². The number of nitrogens with zero attached hydrogens (tertiary/aromatic N) is 2. The molecule has 4 nitrogen and oxygen atoms in total. The van der Waals surface area contributed by atoms with Gasteiger partial charge in [-0.3, -0.25) is 4.90 Å². The molecule has 106 valence electrons. The normalized spacial score (nSPS) is 28.5. The van der Waals surface area contributed by atoms with Gasteiger partial charge in [-0.05, 0) is 58.0 Å². The molecule has 0 spiro atoms. The minimum absolute atomic E-state index is 0.0791. The van der Waals surface area contributed by atoms with Gasteiger partial charge in [0.15, 0.2) is 0 Å². The maximum Gasteiger partial charge on any atom is 0.131 e. The van der Waals surface area contributed by atoms with Crippen molar-refractivity contribution in [3.63, 3.8) is 0 Å². The van der Waals surface area contributed by atoms with E-state index in [2.05, 4.69) is 11.0 Å². The van der Waals surface area contributed by atoms with Crippen LogP contribution in [0.1, 0.15) is 43.9 Å². The number of aliphatic hydroxyl groups excluding tert-OH is 1. The smallest absolute Gasteiger partial charge is 0.131 e. The molecule has 1 aromatic carbocycles. The molecule has 20 heavy (non-hydrogen) atoms. The number of benzene rings is 1. The van der Waals surface area contributed by atoms with Gasteiger partial charge in [-0.1, -0.05) is 0 Å². The molecule has 1 fully saturated rings. The Hall–Kier alpha value is -1.57. The number of hydrogen-bond acceptors (Lipinski definition) is 4. The van der Waals surface area contributed by atoms with Crippen LogP contribution in [0.3, 0.4) is 0 Å². The van der Waals surface area contributed by atoms with Gasteiger partial charge in [-0.2, -0.15) is 5.26 Å². The van der Waals surface area contributed by atoms with E-state index in [-0.39, 0.29) is 6.04 Å². The monoisotopic (exact) mass is 272 g/mol. The second-order valence-electron chi connectivity index (χ2n) is 6.20. The largest absolute Gasteiger partial charge is 0.485 e. The molecule has 2 aliphatic rings. The van der Waals surface area contributed by atoms with Crippen molar-refractivity contribution in [2.75, 3.05) is 13.1 Å². The highest BCUT2D eigenvalue weighted by Crippen LogP contribution is 2.44. The van der Waals surface area contributed by atoms with Crippen LogP contribution in [-0.4, -0.2) is 34.8 Å². The van der Waals surface area contributed by atoms with Crippen molar-refractivity contribution < 1.29 is 9.84 Å². The van der Waals surface area contributed by atoms with E-state index in [0.29, 0.717) is 5.56 Å². The zero-order chi connectivity index (χ0) is 14.3. The highest BCUT2D eigenvalue weighted by Gasteiger charge is 2.45. The second kappa shape index (κ2) is 4.76. The number of rotatable bonds is 1. The van der Waals surface area contributed by atoms with Crippen LogP contribution < -0.4 is 4.74 Å². The van der Waals surface area contributed by atoms with Crippen molar-refractivity contribution in [3.8, 4) is 11.8 Å². The molecule has 1 N–H and O–H groups in total. The van der Waals surface area contributed by atoms with E-state index in [9.17, 15) is 5.11 Å². The summed E-state index contributed by atoms with van der Waals surface area (Å²) in [5.74, 6) is 0.788. The Morgan fingerprint density at radius 1 is 1.35 bits per heavy atom. The zero-order valence-corrected chi connectivity index (χ0v) is 12.0.